The molecule has 2 atom stereocenters. The van der Waals surface area contributed by atoms with Crippen molar-refractivity contribution in [1.29, 1.82) is 0 Å². The minimum atomic E-state index is -0.0687. The molecule has 1 aromatic rings. The predicted octanol–water partition coefficient (Wildman–Crippen LogP) is 1.72. The van der Waals surface area contributed by atoms with Crippen molar-refractivity contribution in [2.75, 3.05) is 14.2 Å². The molecule has 5 heteroatoms. The third kappa shape index (κ3) is 2.97. The van der Waals surface area contributed by atoms with Gasteiger partial charge in [-0.15, -0.1) is 0 Å². The molecule has 0 saturated carbocycles. The lowest BCUT2D eigenvalue weighted by molar-refractivity contribution is 0.0921. The second-order valence-electron chi connectivity index (χ2n) is 5.85. The second-order valence-corrected chi connectivity index (χ2v) is 5.85. The van der Waals surface area contributed by atoms with Crippen LogP contribution in [-0.2, 0) is 0 Å². The Morgan fingerprint density at radius 3 is 2.52 bits per heavy atom. The molecule has 2 unspecified atom stereocenters. The fourth-order valence-corrected chi connectivity index (χ4v) is 3.42. The van der Waals surface area contributed by atoms with Crippen molar-refractivity contribution in [3.8, 4) is 11.5 Å². The van der Waals surface area contributed by atoms with E-state index in [0.717, 1.165) is 12.8 Å². The summed E-state index contributed by atoms with van der Waals surface area (Å²) in [5.41, 5.74) is 0.559. The summed E-state index contributed by atoms with van der Waals surface area (Å²) in [5.74, 6) is 1.16. The molecule has 0 aromatic heterocycles. The lowest BCUT2D eigenvalue weighted by Gasteiger charge is -2.29. The van der Waals surface area contributed by atoms with E-state index >= 15 is 0 Å². The van der Waals surface area contributed by atoms with Crippen LogP contribution in [0.4, 0.5) is 0 Å². The van der Waals surface area contributed by atoms with Crippen molar-refractivity contribution in [1.82, 2.24) is 10.6 Å². The molecule has 2 fully saturated rings. The quantitative estimate of drug-likeness (QED) is 0.886. The molecule has 2 aliphatic heterocycles. The number of fused-ring (bicyclic) bond motifs is 2. The van der Waals surface area contributed by atoms with Gasteiger partial charge in [0.15, 0.2) is 0 Å². The molecule has 5 nitrogen and oxygen atoms in total. The zero-order valence-corrected chi connectivity index (χ0v) is 12.5. The van der Waals surface area contributed by atoms with Crippen molar-refractivity contribution in [2.45, 2.75) is 43.8 Å². The van der Waals surface area contributed by atoms with Crippen LogP contribution >= 0.6 is 0 Å². The molecular weight excluding hydrogens is 268 g/mol. The van der Waals surface area contributed by atoms with Crippen LogP contribution in [0, 0.1) is 0 Å². The topological polar surface area (TPSA) is 59.6 Å². The molecule has 2 heterocycles. The molecule has 0 radical (unpaired) electrons. The molecule has 1 amide bonds. The molecular formula is C16H22N2O3. The standard InChI is InChI=1S/C16H22N2O3/c1-20-13-5-6-14(15(9-13)21-2)16(19)18-12-7-10-3-4-11(8-12)17-10/h5-6,9-12,17H,3-4,7-8H2,1-2H3,(H,18,19). The zero-order chi connectivity index (χ0) is 14.8. The molecule has 2 saturated heterocycles. The van der Waals surface area contributed by atoms with E-state index in [1.807, 2.05) is 0 Å². The Balaban J connectivity index is 1.70. The summed E-state index contributed by atoms with van der Waals surface area (Å²) >= 11 is 0. The molecule has 1 aromatic carbocycles. The first-order valence-corrected chi connectivity index (χ1v) is 7.48. The Kier molecular flexibility index (Phi) is 4.01. The number of carbonyl (C=O) groups excluding carboxylic acids is 1. The summed E-state index contributed by atoms with van der Waals surface area (Å²) in [6.45, 7) is 0. The third-order valence-electron chi connectivity index (χ3n) is 4.46. The van der Waals surface area contributed by atoms with Crippen LogP contribution in [0.2, 0.25) is 0 Å². The maximum absolute atomic E-state index is 12.5. The van der Waals surface area contributed by atoms with E-state index < -0.39 is 0 Å². The number of ether oxygens (including phenoxy) is 2. The normalized spacial score (nSPS) is 27.2. The van der Waals surface area contributed by atoms with Gasteiger partial charge in [0, 0.05) is 24.2 Å². The first-order chi connectivity index (χ1) is 10.2. The number of piperidine rings is 1. The van der Waals surface area contributed by atoms with Crippen molar-refractivity contribution >= 4 is 5.91 Å². The van der Waals surface area contributed by atoms with Crippen LogP contribution in [0.1, 0.15) is 36.0 Å². The van der Waals surface area contributed by atoms with E-state index in [1.54, 1.807) is 32.4 Å². The largest absolute Gasteiger partial charge is 0.497 e. The van der Waals surface area contributed by atoms with Gasteiger partial charge in [0.25, 0.3) is 5.91 Å². The molecule has 2 bridgehead atoms. The monoisotopic (exact) mass is 290 g/mol. The minimum absolute atomic E-state index is 0.0687. The van der Waals surface area contributed by atoms with E-state index in [0.29, 0.717) is 29.1 Å². The van der Waals surface area contributed by atoms with E-state index in [2.05, 4.69) is 10.6 Å². The highest BCUT2D eigenvalue weighted by molar-refractivity contribution is 5.97. The van der Waals surface area contributed by atoms with Gasteiger partial charge in [-0.05, 0) is 37.8 Å². The first kappa shape index (κ1) is 14.2. The van der Waals surface area contributed by atoms with E-state index in [-0.39, 0.29) is 11.9 Å². The van der Waals surface area contributed by atoms with Crippen LogP contribution in [0.3, 0.4) is 0 Å². The van der Waals surface area contributed by atoms with Gasteiger partial charge in [-0.3, -0.25) is 4.79 Å². The summed E-state index contributed by atoms with van der Waals surface area (Å²) in [5, 5.41) is 6.73. The number of amides is 1. The Labute approximate surface area is 125 Å². The van der Waals surface area contributed by atoms with E-state index in [1.165, 1.54) is 12.8 Å². The summed E-state index contributed by atoms with van der Waals surface area (Å²) in [7, 11) is 3.16. The summed E-state index contributed by atoms with van der Waals surface area (Å²) < 4.78 is 10.5. The van der Waals surface area contributed by atoms with Crippen LogP contribution in [-0.4, -0.2) is 38.3 Å². The molecule has 114 valence electrons. The fraction of sp³-hybridized carbons (Fsp3) is 0.562. The molecule has 0 aliphatic carbocycles. The summed E-state index contributed by atoms with van der Waals surface area (Å²) in [6, 6.07) is 6.65. The minimum Gasteiger partial charge on any atom is -0.497 e. The van der Waals surface area contributed by atoms with Gasteiger partial charge in [-0.2, -0.15) is 0 Å². The Morgan fingerprint density at radius 2 is 1.90 bits per heavy atom. The lowest BCUT2D eigenvalue weighted by atomic mass is 9.99. The number of nitrogens with one attached hydrogen (secondary N) is 2. The maximum atomic E-state index is 12.5. The average molecular weight is 290 g/mol. The number of carbonyl (C=O) groups is 1. The molecule has 21 heavy (non-hydrogen) atoms. The average Bonchev–Trinajstić information content (AvgIpc) is 2.85. The summed E-state index contributed by atoms with van der Waals surface area (Å²) in [4.78, 5) is 12.5. The van der Waals surface area contributed by atoms with Gasteiger partial charge in [0.2, 0.25) is 0 Å². The number of methoxy groups -OCH3 is 2. The van der Waals surface area contributed by atoms with Gasteiger partial charge < -0.3 is 20.1 Å². The molecule has 2 aliphatic rings. The SMILES string of the molecule is COc1ccc(C(=O)NC2CC3CCC(C2)N3)c(OC)c1. The highest BCUT2D eigenvalue weighted by Crippen LogP contribution is 2.28. The fourth-order valence-electron chi connectivity index (χ4n) is 3.42. The number of hydrogen-bond acceptors (Lipinski definition) is 4. The van der Waals surface area contributed by atoms with Crippen molar-refractivity contribution in [2.24, 2.45) is 0 Å². The summed E-state index contributed by atoms with van der Waals surface area (Å²) in [6.07, 6.45) is 4.48. The van der Waals surface area contributed by atoms with E-state index in [9.17, 15) is 4.79 Å². The van der Waals surface area contributed by atoms with Gasteiger partial charge in [0.1, 0.15) is 11.5 Å². The predicted molar refractivity (Wildman–Crippen MR) is 80.0 cm³/mol. The second kappa shape index (κ2) is 5.93. The Hall–Kier alpha value is -1.75. The maximum Gasteiger partial charge on any atom is 0.255 e. The van der Waals surface area contributed by atoms with Crippen molar-refractivity contribution in [3.63, 3.8) is 0 Å². The number of rotatable bonds is 4. The zero-order valence-electron chi connectivity index (χ0n) is 12.5. The van der Waals surface area contributed by atoms with Gasteiger partial charge >= 0.3 is 0 Å². The van der Waals surface area contributed by atoms with Crippen LogP contribution in [0.25, 0.3) is 0 Å². The van der Waals surface area contributed by atoms with Crippen LogP contribution in [0.5, 0.6) is 11.5 Å². The van der Waals surface area contributed by atoms with Gasteiger partial charge in [-0.25, -0.2) is 0 Å². The van der Waals surface area contributed by atoms with Gasteiger partial charge in [-0.1, -0.05) is 0 Å². The molecule has 0 spiro atoms. The molecule has 2 N–H and O–H groups in total. The van der Waals surface area contributed by atoms with Crippen molar-refractivity contribution < 1.29 is 14.3 Å². The smallest absolute Gasteiger partial charge is 0.255 e. The van der Waals surface area contributed by atoms with Crippen LogP contribution < -0.4 is 20.1 Å². The third-order valence-corrected chi connectivity index (χ3v) is 4.46. The highest BCUT2D eigenvalue weighted by atomic mass is 16.5. The Morgan fingerprint density at radius 1 is 1.19 bits per heavy atom. The van der Waals surface area contributed by atoms with Crippen molar-refractivity contribution in [3.05, 3.63) is 23.8 Å². The number of benzene rings is 1. The lowest BCUT2D eigenvalue weighted by Crippen LogP contribution is -2.48. The number of hydrogen-bond donors (Lipinski definition) is 2. The van der Waals surface area contributed by atoms with E-state index in [4.69, 9.17) is 9.47 Å². The Bertz CT molecular complexity index is 520. The van der Waals surface area contributed by atoms with Gasteiger partial charge in [0.05, 0.1) is 19.8 Å². The molecule has 3 rings (SSSR count). The highest BCUT2D eigenvalue weighted by Gasteiger charge is 2.34. The first-order valence-electron chi connectivity index (χ1n) is 7.48. The van der Waals surface area contributed by atoms with Crippen LogP contribution in [0.15, 0.2) is 18.2 Å².